The number of anilines is 1. The van der Waals surface area contributed by atoms with Crippen molar-refractivity contribution in [2.24, 2.45) is 10.7 Å². The summed E-state index contributed by atoms with van der Waals surface area (Å²) in [6, 6.07) is 7.11. The normalized spacial score (nSPS) is 17.3. The Balaban J connectivity index is 1.28. The quantitative estimate of drug-likeness (QED) is 0.396. The molecule has 0 saturated carbocycles. The van der Waals surface area contributed by atoms with Gasteiger partial charge in [0.25, 0.3) is 5.91 Å². The van der Waals surface area contributed by atoms with Crippen molar-refractivity contribution in [3.05, 3.63) is 45.8 Å². The first-order valence-electron chi connectivity index (χ1n) is 12.7. The topological polar surface area (TPSA) is 121 Å². The van der Waals surface area contributed by atoms with E-state index in [9.17, 15) is 4.79 Å². The van der Waals surface area contributed by atoms with Crippen LogP contribution in [0.4, 0.5) is 11.5 Å². The number of amides is 1. The summed E-state index contributed by atoms with van der Waals surface area (Å²) in [5.41, 5.74) is 9.90. The van der Waals surface area contributed by atoms with Crippen molar-refractivity contribution in [2.45, 2.75) is 13.3 Å². The smallest absolute Gasteiger partial charge is 0.272 e. The Kier molecular flexibility index (Phi) is 10.5. The molecule has 38 heavy (non-hydrogen) atoms. The summed E-state index contributed by atoms with van der Waals surface area (Å²) in [4.78, 5) is 30.8. The highest BCUT2D eigenvalue weighted by Gasteiger charge is 2.24. The van der Waals surface area contributed by atoms with Crippen molar-refractivity contribution in [3.8, 4) is 0 Å². The van der Waals surface area contributed by atoms with E-state index in [-0.39, 0.29) is 5.91 Å². The average Bonchev–Trinajstić information content (AvgIpc) is 3.37. The van der Waals surface area contributed by atoms with Gasteiger partial charge in [0, 0.05) is 58.3 Å². The number of nitrogens with two attached hydrogens (primary N) is 1. The molecule has 1 aromatic carbocycles. The van der Waals surface area contributed by atoms with Crippen molar-refractivity contribution in [1.82, 2.24) is 25.2 Å². The lowest BCUT2D eigenvalue weighted by Crippen LogP contribution is -2.49. The molecule has 2 fully saturated rings. The zero-order valence-electron chi connectivity index (χ0n) is 21.5. The number of carbonyl (C=O) groups excluding carboxylic acids is 1. The van der Waals surface area contributed by atoms with E-state index in [2.05, 4.69) is 25.3 Å². The molecule has 0 unspecified atom stereocenters. The molecule has 2 aliphatic heterocycles. The van der Waals surface area contributed by atoms with Gasteiger partial charge in [0.1, 0.15) is 17.4 Å². The van der Waals surface area contributed by atoms with Gasteiger partial charge in [-0.1, -0.05) is 23.2 Å². The van der Waals surface area contributed by atoms with Crippen LogP contribution in [0, 0.1) is 6.92 Å². The molecule has 11 nitrogen and oxygen atoms in total. The van der Waals surface area contributed by atoms with Gasteiger partial charge >= 0.3 is 0 Å². The summed E-state index contributed by atoms with van der Waals surface area (Å²) in [6.07, 6.45) is 0.693. The zero-order valence-corrected chi connectivity index (χ0v) is 23.0. The second kappa shape index (κ2) is 14.0. The maximum Gasteiger partial charge on any atom is 0.272 e. The Bertz CT molecular complexity index is 1130. The molecule has 13 heteroatoms. The molecule has 0 bridgehead atoms. The summed E-state index contributed by atoms with van der Waals surface area (Å²) >= 11 is 12.2. The number of nitrogens with zero attached hydrogens (tertiary/aromatic N) is 6. The minimum absolute atomic E-state index is 0.110. The fourth-order valence-corrected chi connectivity index (χ4v) is 4.50. The molecule has 0 radical (unpaired) electrons. The average molecular weight is 566 g/mol. The minimum Gasteiger partial charge on any atom is -0.378 e. The number of nitrogens with one attached hydrogen (secondary N) is 1. The number of piperazine rings is 1. The molecular formula is C25H34Cl2N8O3. The maximum absolute atomic E-state index is 13.2. The predicted molar refractivity (Wildman–Crippen MR) is 148 cm³/mol. The minimum atomic E-state index is -0.110. The van der Waals surface area contributed by atoms with E-state index in [1.54, 1.807) is 25.1 Å². The maximum atomic E-state index is 13.2. The third-order valence-electron chi connectivity index (χ3n) is 6.19. The van der Waals surface area contributed by atoms with Crippen molar-refractivity contribution in [3.63, 3.8) is 0 Å². The standard InChI is InChI=1S/C25H34Cl2N8O3/c1-18-29-22(25(36)34-9-7-33(8-10-34)11-13-38-15-14-37-12-5-28)17-24(30-18)31-23-4-6-35(32-23)19-2-3-20(26)21(27)16-19/h2-3,16-17H,4-15,28H2,1H3,(H,29,30,31,32). The van der Waals surface area contributed by atoms with Crippen LogP contribution in [-0.4, -0.2) is 104 Å². The second-order valence-corrected chi connectivity index (χ2v) is 9.79. The molecule has 4 rings (SSSR count). The number of benzene rings is 1. The highest BCUT2D eigenvalue weighted by molar-refractivity contribution is 6.42. The van der Waals surface area contributed by atoms with Crippen molar-refractivity contribution < 1.29 is 14.3 Å². The van der Waals surface area contributed by atoms with Gasteiger partial charge in [0.05, 0.1) is 42.2 Å². The molecule has 2 aliphatic rings. The third kappa shape index (κ3) is 7.98. The highest BCUT2D eigenvalue weighted by atomic mass is 35.5. The number of ether oxygens (including phenoxy) is 2. The molecular weight excluding hydrogens is 531 g/mol. The molecule has 0 aliphatic carbocycles. The lowest BCUT2D eigenvalue weighted by atomic mass is 10.2. The number of hydrogen-bond acceptors (Lipinski definition) is 9. The van der Waals surface area contributed by atoms with Crippen LogP contribution in [0.5, 0.6) is 0 Å². The van der Waals surface area contributed by atoms with Crippen LogP contribution in [0.25, 0.3) is 0 Å². The fourth-order valence-electron chi connectivity index (χ4n) is 4.21. The molecule has 0 spiro atoms. The van der Waals surface area contributed by atoms with Crippen molar-refractivity contribution in [2.75, 3.05) is 77.2 Å². The van der Waals surface area contributed by atoms with Crippen LogP contribution in [0.3, 0.4) is 0 Å². The molecule has 1 amide bonds. The predicted octanol–water partition coefficient (Wildman–Crippen LogP) is 2.29. The second-order valence-electron chi connectivity index (χ2n) is 8.98. The van der Waals surface area contributed by atoms with Crippen molar-refractivity contribution in [1.29, 1.82) is 0 Å². The van der Waals surface area contributed by atoms with Crippen LogP contribution in [-0.2, 0) is 9.47 Å². The molecule has 3 heterocycles. The zero-order chi connectivity index (χ0) is 26.9. The Hall–Kier alpha value is -2.54. The van der Waals surface area contributed by atoms with Crippen LogP contribution < -0.4 is 16.2 Å². The molecule has 3 N–H and O–H groups in total. The Morgan fingerprint density at radius 2 is 1.79 bits per heavy atom. The molecule has 206 valence electrons. The van der Waals surface area contributed by atoms with E-state index in [1.807, 2.05) is 16.0 Å². The van der Waals surface area contributed by atoms with Gasteiger partial charge in [-0.05, 0) is 25.1 Å². The SMILES string of the molecule is Cc1nc(N=C2CCN(c3ccc(Cl)c(Cl)c3)N2)cc(C(=O)N2CCN(CCOCCOCCN)CC2)n1. The van der Waals surface area contributed by atoms with E-state index in [4.69, 9.17) is 38.4 Å². The summed E-state index contributed by atoms with van der Waals surface area (Å²) < 4.78 is 10.9. The lowest BCUT2D eigenvalue weighted by Gasteiger charge is -2.34. The van der Waals surface area contributed by atoms with E-state index in [1.165, 1.54) is 0 Å². The number of rotatable bonds is 11. The van der Waals surface area contributed by atoms with Gasteiger partial charge in [0.15, 0.2) is 5.82 Å². The van der Waals surface area contributed by atoms with Gasteiger partial charge in [-0.2, -0.15) is 0 Å². The number of hydrogen-bond donors (Lipinski definition) is 2. The molecule has 0 atom stereocenters. The first-order chi connectivity index (χ1) is 18.4. The lowest BCUT2D eigenvalue weighted by molar-refractivity contribution is 0.0323. The van der Waals surface area contributed by atoms with Crippen LogP contribution >= 0.6 is 23.2 Å². The number of carbonyl (C=O) groups is 1. The van der Waals surface area contributed by atoms with Crippen LogP contribution in [0.2, 0.25) is 10.0 Å². The van der Waals surface area contributed by atoms with Gasteiger partial charge in [-0.3, -0.25) is 20.1 Å². The van der Waals surface area contributed by atoms with Gasteiger partial charge in [0.2, 0.25) is 0 Å². The van der Waals surface area contributed by atoms with E-state index < -0.39 is 0 Å². The molecule has 2 aromatic rings. The third-order valence-corrected chi connectivity index (χ3v) is 6.93. The van der Waals surface area contributed by atoms with Gasteiger partial charge in [-0.25, -0.2) is 15.0 Å². The number of aromatic nitrogens is 2. The largest absolute Gasteiger partial charge is 0.378 e. The summed E-state index contributed by atoms with van der Waals surface area (Å²) in [7, 11) is 0. The van der Waals surface area contributed by atoms with E-state index >= 15 is 0 Å². The van der Waals surface area contributed by atoms with E-state index in [0.717, 1.165) is 31.2 Å². The number of amidine groups is 1. The first kappa shape index (κ1) is 28.5. The number of hydrazine groups is 1. The van der Waals surface area contributed by atoms with Gasteiger partial charge < -0.3 is 20.1 Å². The fraction of sp³-hybridized carbons (Fsp3) is 0.520. The Morgan fingerprint density at radius 3 is 2.53 bits per heavy atom. The van der Waals surface area contributed by atoms with Crippen LogP contribution in [0.15, 0.2) is 29.3 Å². The number of aliphatic imine (C=N–C) groups is 1. The van der Waals surface area contributed by atoms with E-state index in [0.29, 0.717) is 86.4 Å². The molecule has 1 aromatic heterocycles. The molecule has 2 saturated heterocycles. The summed E-state index contributed by atoms with van der Waals surface area (Å²) in [5, 5.41) is 2.94. The highest BCUT2D eigenvalue weighted by Crippen LogP contribution is 2.28. The van der Waals surface area contributed by atoms with Crippen LogP contribution in [0.1, 0.15) is 22.7 Å². The summed E-state index contributed by atoms with van der Waals surface area (Å²) in [6.45, 7) is 8.94. The number of aryl methyl sites for hydroxylation is 1. The summed E-state index contributed by atoms with van der Waals surface area (Å²) in [5.74, 6) is 1.59. The van der Waals surface area contributed by atoms with Gasteiger partial charge in [-0.15, -0.1) is 0 Å². The Morgan fingerprint density at radius 1 is 1.03 bits per heavy atom. The first-order valence-corrected chi connectivity index (χ1v) is 13.5. The van der Waals surface area contributed by atoms with Crippen molar-refractivity contribution >= 4 is 46.4 Å². The number of halogens is 2. The Labute approximate surface area is 232 Å². The monoisotopic (exact) mass is 564 g/mol.